The van der Waals surface area contributed by atoms with Crippen LogP contribution >= 0.6 is 0 Å². The van der Waals surface area contributed by atoms with Crippen molar-refractivity contribution in [3.63, 3.8) is 0 Å². The predicted octanol–water partition coefficient (Wildman–Crippen LogP) is 4.23. The van der Waals surface area contributed by atoms with Crippen molar-refractivity contribution in [2.75, 3.05) is 33.3 Å². The molecule has 2 aliphatic rings. The summed E-state index contributed by atoms with van der Waals surface area (Å²) >= 11 is 0. The molecule has 0 bridgehead atoms. The van der Waals surface area contributed by atoms with E-state index in [1.165, 1.54) is 18.2 Å². The molecule has 4 atom stereocenters. The first-order valence-corrected chi connectivity index (χ1v) is 12.6. The lowest BCUT2D eigenvalue weighted by Crippen LogP contribution is -2.44. The molecule has 2 aromatic carbocycles. The predicted molar refractivity (Wildman–Crippen MR) is 153 cm³/mol. The van der Waals surface area contributed by atoms with E-state index < -0.39 is 0 Å². The second-order valence-corrected chi connectivity index (χ2v) is 9.63. The third kappa shape index (κ3) is 9.83. The lowest BCUT2D eigenvalue weighted by Gasteiger charge is -2.33. The highest BCUT2D eigenvalue weighted by Crippen LogP contribution is 2.26. The highest BCUT2D eigenvalue weighted by atomic mass is 16.5. The van der Waals surface area contributed by atoms with Crippen molar-refractivity contribution < 1.29 is 14.3 Å². The Hall–Kier alpha value is -3.72. The van der Waals surface area contributed by atoms with E-state index in [1.807, 2.05) is 36.4 Å². The van der Waals surface area contributed by atoms with Crippen LogP contribution in [0.1, 0.15) is 38.8 Å². The number of amides is 1. The number of rotatable bonds is 6. The van der Waals surface area contributed by atoms with Crippen LogP contribution in [0.4, 0.5) is 0 Å². The fourth-order valence-electron chi connectivity index (χ4n) is 5.05. The SMILES string of the molecule is C.C.COC(=O)C1CCN(Cc2ccccc2)CC1C#N.N#CC1CN(Cc2ccccc2)CCC1C(N)=O. The van der Waals surface area contributed by atoms with Gasteiger partial charge in [0.15, 0.2) is 0 Å². The molecule has 2 N–H and O–H groups in total. The molecule has 8 nitrogen and oxygen atoms in total. The van der Waals surface area contributed by atoms with E-state index in [0.717, 1.165) is 26.2 Å². The summed E-state index contributed by atoms with van der Waals surface area (Å²) in [5.74, 6) is -1.72. The van der Waals surface area contributed by atoms with E-state index in [4.69, 9.17) is 15.7 Å². The summed E-state index contributed by atoms with van der Waals surface area (Å²) in [6.45, 7) is 4.55. The smallest absolute Gasteiger partial charge is 0.310 e. The van der Waals surface area contributed by atoms with Gasteiger partial charge in [-0.05, 0) is 37.1 Å². The highest BCUT2D eigenvalue weighted by molar-refractivity contribution is 5.77. The molecule has 2 saturated heterocycles. The Bertz CT molecular complexity index is 1100. The van der Waals surface area contributed by atoms with Gasteiger partial charge in [0, 0.05) is 26.2 Å². The average molecular weight is 534 g/mol. The Morgan fingerprint density at radius 2 is 1.23 bits per heavy atom. The number of benzene rings is 2. The van der Waals surface area contributed by atoms with Crippen molar-refractivity contribution in [3.8, 4) is 12.1 Å². The number of esters is 1. The maximum atomic E-state index is 11.6. The molecule has 0 aromatic heterocycles. The lowest BCUT2D eigenvalue weighted by molar-refractivity contribution is -0.148. The van der Waals surface area contributed by atoms with E-state index in [1.54, 1.807) is 0 Å². The number of piperidine rings is 2. The van der Waals surface area contributed by atoms with Crippen molar-refractivity contribution in [1.29, 1.82) is 10.5 Å². The zero-order valence-electron chi connectivity index (χ0n) is 21.3. The van der Waals surface area contributed by atoms with Crippen LogP contribution in [0.25, 0.3) is 0 Å². The first kappa shape index (κ1) is 33.3. The van der Waals surface area contributed by atoms with Crippen LogP contribution < -0.4 is 5.73 Å². The molecule has 4 unspecified atom stereocenters. The van der Waals surface area contributed by atoms with Crippen LogP contribution in [0.15, 0.2) is 60.7 Å². The van der Waals surface area contributed by atoms with Gasteiger partial charge in [-0.15, -0.1) is 0 Å². The van der Waals surface area contributed by atoms with Gasteiger partial charge in [-0.1, -0.05) is 75.5 Å². The summed E-state index contributed by atoms with van der Waals surface area (Å²) < 4.78 is 4.77. The molecule has 1 amide bonds. The van der Waals surface area contributed by atoms with Gasteiger partial charge in [0.1, 0.15) is 0 Å². The van der Waals surface area contributed by atoms with Crippen molar-refractivity contribution in [1.82, 2.24) is 9.80 Å². The molecule has 0 saturated carbocycles. The van der Waals surface area contributed by atoms with Gasteiger partial charge in [-0.3, -0.25) is 19.4 Å². The molecule has 0 spiro atoms. The molecule has 39 heavy (non-hydrogen) atoms. The van der Waals surface area contributed by atoms with Crippen LogP contribution in [0.5, 0.6) is 0 Å². The molecule has 0 aliphatic carbocycles. The van der Waals surface area contributed by atoms with Crippen molar-refractivity contribution >= 4 is 11.9 Å². The molecule has 4 rings (SSSR count). The molecule has 2 aliphatic heterocycles. The molecule has 210 valence electrons. The van der Waals surface area contributed by atoms with Crippen molar-refractivity contribution in [3.05, 3.63) is 71.8 Å². The number of nitrogens with two attached hydrogens (primary N) is 1. The molecule has 2 aromatic rings. The number of carbonyl (C=O) groups is 2. The van der Waals surface area contributed by atoms with Crippen LogP contribution in [0.3, 0.4) is 0 Å². The van der Waals surface area contributed by atoms with Gasteiger partial charge < -0.3 is 10.5 Å². The number of likely N-dealkylation sites (tertiary alicyclic amines) is 2. The minimum absolute atomic E-state index is 0. The Kier molecular flexibility index (Phi) is 14.5. The fraction of sp³-hybridized carbons (Fsp3) is 0.484. The van der Waals surface area contributed by atoms with Crippen molar-refractivity contribution in [2.24, 2.45) is 29.4 Å². The summed E-state index contributed by atoms with van der Waals surface area (Å²) in [5.41, 5.74) is 7.78. The Morgan fingerprint density at radius 3 is 1.62 bits per heavy atom. The fourth-order valence-corrected chi connectivity index (χ4v) is 5.05. The number of primary amides is 1. The molecule has 2 fully saturated rings. The minimum Gasteiger partial charge on any atom is -0.469 e. The van der Waals surface area contributed by atoms with E-state index in [2.05, 4.69) is 46.2 Å². The van der Waals surface area contributed by atoms with E-state index in [9.17, 15) is 14.9 Å². The van der Waals surface area contributed by atoms with Gasteiger partial charge in [0.25, 0.3) is 0 Å². The maximum Gasteiger partial charge on any atom is 0.310 e. The van der Waals surface area contributed by atoms with E-state index in [0.29, 0.717) is 25.9 Å². The summed E-state index contributed by atoms with van der Waals surface area (Å²) in [6, 6.07) is 24.8. The standard InChI is InChI=1S/C15H18N2O2.C14H17N3O.2CH4/c1-19-15(18)14-7-8-17(11-13(14)9-16)10-12-5-3-2-4-6-12;15-8-12-10-17(7-6-13(12)14(16)18)9-11-4-2-1-3-5-11;;/h2-6,13-14H,7-8,10-11H2,1H3;1-5,12-13H,6-7,9-10H2,(H2,16,18);2*1H4. The number of carbonyl (C=O) groups excluding carboxylic acids is 2. The molecule has 2 heterocycles. The zero-order chi connectivity index (χ0) is 26.6. The third-order valence-corrected chi connectivity index (χ3v) is 7.09. The number of hydrogen-bond acceptors (Lipinski definition) is 7. The minimum atomic E-state index is -0.346. The molecule has 8 heteroatoms. The number of hydrogen-bond donors (Lipinski definition) is 1. The number of methoxy groups -OCH3 is 1. The van der Waals surface area contributed by atoms with E-state index >= 15 is 0 Å². The van der Waals surface area contributed by atoms with Crippen LogP contribution in [-0.4, -0.2) is 55.0 Å². The Labute approximate surface area is 234 Å². The van der Waals surface area contributed by atoms with Gasteiger partial charge in [-0.2, -0.15) is 10.5 Å². The summed E-state index contributed by atoms with van der Waals surface area (Å²) in [7, 11) is 1.38. The summed E-state index contributed by atoms with van der Waals surface area (Å²) in [4.78, 5) is 27.3. The zero-order valence-corrected chi connectivity index (χ0v) is 21.3. The van der Waals surface area contributed by atoms with Crippen LogP contribution in [-0.2, 0) is 27.4 Å². The topological polar surface area (TPSA) is 123 Å². The van der Waals surface area contributed by atoms with Gasteiger partial charge in [0.2, 0.25) is 5.91 Å². The van der Waals surface area contributed by atoms with Gasteiger partial charge >= 0.3 is 5.97 Å². The van der Waals surface area contributed by atoms with Crippen LogP contribution in [0, 0.1) is 46.3 Å². The van der Waals surface area contributed by atoms with Gasteiger partial charge in [-0.25, -0.2) is 0 Å². The molecular formula is C31H43N5O3. The van der Waals surface area contributed by atoms with Crippen molar-refractivity contribution in [2.45, 2.75) is 40.8 Å². The summed E-state index contributed by atoms with van der Waals surface area (Å²) in [6.07, 6.45) is 1.37. The average Bonchev–Trinajstić information content (AvgIpc) is 2.93. The monoisotopic (exact) mass is 533 g/mol. The quantitative estimate of drug-likeness (QED) is 0.551. The lowest BCUT2D eigenvalue weighted by atomic mass is 9.86. The van der Waals surface area contributed by atoms with Crippen LogP contribution in [0.2, 0.25) is 0 Å². The second kappa shape index (κ2) is 17.0. The second-order valence-electron chi connectivity index (χ2n) is 9.63. The Morgan fingerprint density at radius 1 is 0.821 bits per heavy atom. The highest BCUT2D eigenvalue weighted by Gasteiger charge is 2.35. The van der Waals surface area contributed by atoms with E-state index in [-0.39, 0.29) is 50.4 Å². The maximum absolute atomic E-state index is 11.6. The number of nitriles is 2. The third-order valence-electron chi connectivity index (χ3n) is 7.09. The molecule has 0 radical (unpaired) electrons. The normalized spacial score (nSPS) is 22.7. The number of ether oxygens (including phenoxy) is 1. The molecular weight excluding hydrogens is 490 g/mol. The first-order chi connectivity index (χ1) is 17.9. The summed E-state index contributed by atoms with van der Waals surface area (Å²) in [5, 5.41) is 18.3. The largest absolute Gasteiger partial charge is 0.469 e. The number of nitrogens with zero attached hydrogens (tertiary/aromatic N) is 4. The van der Waals surface area contributed by atoms with Gasteiger partial charge in [0.05, 0.1) is 42.9 Å². The first-order valence-electron chi connectivity index (χ1n) is 12.6. The Balaban J connectivity index is 0.000000371.